The van der Waals surface area contributed by atoms with Crippen molar-refractivity contribution < 1.29 is 18.8 Å². The summed E-state index contributed by atoms with van der Waals surface area (Å²) in [5, 5.41) is 4.12. The number of aromatic nitrogens is 1. The molecule has 0 saturated carbocycles. The molecule has 138 valence electrons. The van der Waals surface area contributed by atoms with Gasteiger partial charge in [0, 0.05) is 30.1 Å². The zero-order chi connectivity index (χ0) is 18.1. The van der Waals surface area contributed by atoms with E-state index in [1.165, 1.54) is 0 Å². The Kier molecular flexibility index (Phi) is 4.57. The van der Waals surface area contributed by atoms with Gasteiger partial charge < -0.3 is 18.9 Å². The van der Waals surface area contributed by atoms with Gasteiger partial charge in [0.15, 0.2) is 0 Å². The first-order chi connectivity index (χ1) is 12.7. The van der Waals surface area contributed by atoms with Crippen LogP contribution in [0.5, 0.6) is 11.5 Å². The monoisotopic (exact) mass is 356 g/mol. The summed E-state index contributed by atoms with van der Waals surface area (Å²) in [5.41, 5.74) is 3.07. The topological polar surface area (TPSA) is 64.8 Å². The van der Waals surface area contributed by atoms with Crippen LogP contribution in [0.15, 0.2) is 22.7 Å². The van der Waals surface area contributed by atoms with E-state index in [4.69, 9.17) is 14.0 Å². The molecule has 0 radical (unpaired) electrons. The predicted molar refractivity (Wildman–Crippen MR) is 96.0 cm³/mol. The summed E-state index contributed by atoms with van der Waals surface area (Å²) >= 11 is 0. The summed E-state index contributed by atoms with van der Waals surface area (Å²) in [4.78, 5) is 14.8. The Morgan fingerprint density at radius 3 is 2.88 bits per heavy atom. The van der Waals surface area contributed by atoms with E-state index >= 15 is 0 Å². The van der Waals surface area contributed by atoms with Crippen LogP contribution in [0.3, 0.4) is 0 Å². The lowest BCUT2D eigenvalue weighted by Gasteiger charge is -2.18. The summed E-state index contributed by atoms with van der Waals surface area (Å²) in [7, 11) is 3.33. The minimum absolute atomic E-state index is 0.0370. The highest BCUT2D eigenvalue weighted by molar-refractivity contribution is 5.93. The quantitative estimate of drug-likeness (QED) is 0.842. The Morgan fingerprint density at radius 2 is 2.08 bits per heavy atom. The number of methoxy groups -OCH3 is 2. The van der Waals surface area contributed by atoms with Gasteiger partial charge in [-0.25, -0.2) is 0 Å². The van der Waals surface area contributed by atoms with Crippen molar-refractivity contribution in [3.63, 3.8) is 0 Å². The number of rotatable bonds is 4. The molecule has 4 rings (SSSR count). The Balaban J connectivity index is 1.54. The van der Waals surface area contributed by atoms with Crippen LogP contribution in [-0.4, -0.2) is 43.3 Å². The van der Waals surface area contributed by atoms with Crippen LogP contribution in [0, 0.1) is 0 Å². The molecule has 1 aliphatic carbocycles. The number of carbonyl (C=O) groups excluding carboxylic acids is 1. The first-order valence-corrected chi connectivity index (χ1v) is 9.20. The average Bonchev–Trinajstić information content (AvgIpc) is 3.34. The van der Waals surface area contributed by atoms with Crippen LogP contribution in [0.4, 0.5) is 0 Å². The molecule has 1 aliphatic heterocycles. The average molecular weight is 356 g/mol. The van der Waals surface area contributed by atoms with Crippen LogP contribution in [0.25, 0.3) is 0 Å². The van der Waals surface area contributed by atoms with E-state index in [2.05, 4.69) is 5.16 Å². The van der Waals surface area contributed by atoms with Gasteiger partial charge in [0.25, 0.3) is 5.91 Å². The molecule has 1 aromatic carbocycles. The van der Waals surface area contributed by atoms with Crippen LogP contribution in [0.2, 0.25) is 0 Å². The highest BCUT2D eigenvalue weighted by Crippen LogP contribution is 2.37. The second-order valence-corrected chi connectivity index (χ2v) is 6.99. The molecule has 0 N–H and O–H groups in total. The number of ether oxygens (including phenoxy) is 2. The minimum atomic E-state index is -0.0370. The molecule has 0 unspecified atom stereocenters. The molecule has 0 spiro atoms. The van der Waals surface area contributed by atoms with E-state index in [9.17, 15) is 4.79 Å². The fourth-order valence-electron chi connectivity index (χ4n) is 4.06. The number of benzene rings is 1. The number of aryl methyl sites for hydroxylation is 1. The highest BCUT2D eigenvalue weighted by Gasteiger charge is 2.34. The third-order valence-corrected chi connectivity index (χ3v) is 5.51. The van der Waals surface area contributed by atoms with E-state index < -0.39 is 0 Å². The first-order valence-electron chi connectivity index (χ1n) is 9.20. The molecule has 2 aromatic rings. The van der Waals surface area contributed by atoms with Crippen molar-refractivity contribution in [2.24, 2.45) is 0 Å². The van der Waals surface area contributed by atoms with Gasteiger partial charge in [-0.05, 0) is 50.3 Å². The minimum Gasteiger partial charge on any atom is -0.497 e. The molecule has 2 aliphatic rings. The summed E-state index contributed by atoms with van der Waals surface area (Å²) in [5.74, 6) is 2.27. The molecule has 6 nitrogen and oxygen atoms in total. The smallest absolute Gasteiger partial charge is 0.292 e. The van der Waals surface area contributed by atoms with Gasteiger partial charge in [-0.15, -0.1) is 0 Å². The van der Waals surface area contributed by atoms with Crippen LogP contribution < -0.4 is 9.47 Å². The zero-order valence-electron chi connectivity index (χ0n) is 15.3. The van der Waals surface area contributed by atoms with Crippen molar-refractivity contribution in [1.29, 1.82) is 0 Å². The highest BCUT2D eigenvalue weighted by atomic mass is 16.5. The predicted octanol–water partition coefficient (Wildman–Crippen LogP) is 3.20. The lowest BCUT2D eigenvalue weighted by atomic mass is 9.95. The number of hydrogen-bond acceptors (Lipinski definition) is 5. The molecule has 1 saturated heterocycles. The number of amides is 1. The Labute approximate surface area is 153 Å². The van der Waals surface area contributed by atoms with Gasteiger partial charge in [-0.1, -0.05) is 5.16 Å². The number of fused-ring (bicyclic) bond motifs is 1. The van der Waals surface area contributed by atoms with E-state index in [1.807, 2.05) is 23.1 Å². The second kappa shape index (κ2) is 7.02. The summed E-state index contributed by atoms with van der Waals surface area (Å²) in [6.45, 7) is 1.36. The van der Waals surface area contributed by atoms with Gasteiger partial charge in [0.05, 0.1) is 19.9 Å². The first kappa shape index (κ1) is 16.9. The molecule has 1 atom stereocenters. The van der Waals surface area contributed by atoms with Gasteiger partial charge in [-0.3, -0.25) is 4.79 Å². The lowest BCUT2D eigenvalue weighted by molar-refractivity contribution is 0.0747. The molecule has 2 heterocycles. The van der Waals surface area contributed by atoms with Gasteiger partial charge in [0.2, 0.25) is 5.76 Å². The SMILES string of the molecule is COc1ccc(OC)c([C@@H]2CCN(C(=O)c3onc4c3CCCC4)C2)c1. The van der Waals surface area contributed by atoms with Crippen molar-refractivity contribution >= 4 is 5.91 Å². The second-order valence-electron chi connectivity index (χ2n) is 6.99. The third kappa shape index (κ3) is 2.93. The summed E-state index contributed by atoms with van der Waals surface area (Å²) in [6.07, 6.45) is 4.91. The maximum atomic E-state index is 13.0. The van der Waals surface area contributed by atoms with E-state index in [0.717, 1.165) is 60.4 Å². The van der Waals surface area contributed by atoms with Gasteiger partial charge in [0.1, 0.15) is 11.5 Å². The van der Waals surface area contributed by atoms with Crippen LogP contribution in [0.1, 0.15) is 52.6 Å². The standard InChI is InChI=1S/C20H24N2O4/c1-24-14-7-8-18(25-2)16(11-14)13-9-10-22(12-13)20(23)19-15-5-3-4-6-17(15)21-26-19/h7-8,11,13H,3-6,9-10,12H2,1-2H3/t13-/m1/s1. The van der Waals surface area contributed by atoms with Crippen molar-refractivity contribution in [2.45, 2.75) is 38.0 Å². The van der Waals surface area contributed by atoms with Gasteiger partial charge >= 0.3 is 0 Å². The number of hydrogen-bond donors (Lipinski definition) is 0. The van der Waals surface area contributed by atoms with E-state index in [1.54, 1.807) is 14.2 Å². The number of carbonyl (C=O) groups is 1. The molecular formula is C20H24N2O4. The Morgan fingerprint density at radius 1 is 1.23 bits per heavy atom. The van der Waals surface area contributed by atoms with Crippen molar-refractivity contribution in [1.82, 2.24) is 10.1 Å². The Hall–Kier alpha value is -2.50. The fraction of sp³-hybridized carbons (Fsp3) is 0.500. The van der Waals surface area contributed by atoms with Crippen LogP contribution in [-0.2, 0) is 12.8 Å². The number of likely N-dealkylation sites (tertiary alicyclic amines) is 1. The zero-order valence-corrected chi connectivity index (χ0v) is 15.3. The van der Waals surface area contributed by atoms with E-state index in [0.29, 0.717) is 18.8 Å². The fourth-order valence-corrected chi connectivity index (χ4v) is 4.06. The molecular weight excluding hydrogens is 332 g/mol. The maximum Gasteiger partial charge on any atom is 0.292 e. The Bertz CT molecular complexity index is 814. The van der Waals surface area contributed by atoms with Crippen molar-refractivity contribution in [2.75, 3.05) is 27.3 Å². The largest absolute Gasteiger partial charge is 0.497 e. The summed E-state index contributed by atoms with van der Waals surface area (Å²) < 4.78 is 16.3. The molecule has 26 heavy (non-hydrogen) atoms. The lowest BCUT2D eigenvalue weighted by Crippen LogP contribution is -2.29. The summed E-state index contributed by atoms with van der Waals surface area (Å²) in [6, 6.07) is 5.82. The molecule has 0 bridgehead atoms. The van der Waals surface area contributed by atoms with Gasteiger partial charge in [-0.2, -0.15) is 0 Å². The van der Waals surface area contributed by atoms with Crippen molar-refractivity contribution in [3.8, 4) is 11.5 Å². The van der Waals surface area contributed by atoms with Crippen molar-refractivity contribution in [3.05, 3.63) is 40.8 Å². The maximum absolute atomic E-state index is 13.0. The molecule has 1 amide bonds. The third-order valence-electron chi connectivity index (χ3n) is 5.51. The molecule has 6 heteroatoms. The van der Waals surface area contributed by atoms with Crippen LogP contribution >= 0.6 is 0 Å². The van der Waals surface area contributed by atoms with E-state index in [-0.39, 0.29) is 11.8 Å². The molecule has 1 aromatic heterocycles. The number of nitrogens with zero attached hydrogens (tertiary/aromatic N) is 2. The molecule has 1 fully saturated rings. The normalized spacial score (nSPS) is 19.3.